The largest absolute Gasteiger partial charge is 0.506 e. The Bertz CT molecular complexity index is 916. The van der Waals surface area contributed by atoms with Crippen molar-refractivity contribution in [1.29, 1.82) is 0 Å². The lowest BCUT2D eigenvalue weighted by Crippen LogP contribution is -2.50. The Morgan fingerprint density at radius 2 is 2.03 bits per heavy atom. The summed E-state index contributed by atoms with van der Waals surface area (Å²) in [6.07, 6.45) is 1.86. The minimum Gasteiger partial charge on any atom is -0.506 e. The Labute approximate surface area is 180 Å². The molecule has 2 fully saturated rings. The monoisotopic (exact) mass is 437 g/mol. The summed E-state index contributed by atoms with van der Waals surface area (Å²) in [5, 5.41) is 21.3. The molecule has 2 aliphatic heterocycles. The molecule has 6 nitrogen and oxygen atoms in total. The summed E-state index contributed by atoms with van der Waals surface area (Å²) in [5.74, 6) is -0.00354. The van der Waals surface area contributed by atoms with E-state index >= 15 is 0 Å². The lowest BCUT2D eigenvalue weighted by molar-refractivity contribution is 0.0974. The van der Waals surface area contributed by atoms with Crippen LogP contribution >= 0.6 is 23.2 Å². The summed E-state index contributed by atoms with van der Waals surface area (Å²) < 4.78 is 5.79. The number of hydrogen-bond donors (Lipinski definition) is 3. The summed E-state index contributed by atoms with van der Waals surface area (Å²) in [6, 6.07) is 6.84. The lowest BCUT2D eigenvalue weighted by Gasteiger charge is -2.42. The van der Waals surface area contributed by atoms with E-state index in [9.17, 15) is 10.2 Å². The van der Waals surface area contributed by atoms with Crippen molar-refractivity contribution >= 4 is 28.9 Å². The predicted molar refractivity (Wildman–Crippen MR) is 115 cm³/mol. The number of aromatic hydroxyl groups is 1. The molecule has 1 aromatic heterocycles. The number of rotatable bonds is 3. The average Bonchev–Trinajstić information content (AvgIpc) is 2.99. The molecule has 4 rings (SSSR count). The van der Waals surface area contributed by atoms with Crippen molar-refractivity contribution in [3.8, 4) is 17.0 Å². The smallest absolute Gasteiger partial charge is 0.144 e. The standard InChI is InChI=1S/C21H25Cl2N3O3/c1-12-20(24)21(11-29-12)5-7-26(8-6-21)16-9-17(28)19(25-15(16)10-27)13-3-2-4-14(22)18(13)23/h2-4,9,12,20,27-28H,5-8,10-11,24H2,1H3/t12-,20+/m0/s1. The zero-order valence-corrected chi connectivity index (χ0v) is 17.7. The number of aliphatic hydroxyl groups is 1. The van der Waals surface area contributed by atoms with Crippen LogP contribution < -0.4 is 10.6 Å². The van der Waals surface area contributed by atoms with Gasteiger partial charge >= 0.3 is 0 Å². The van der Waals surface area contributed by atoms with E-state index in [1.165, 1.54) is 0 Å². The molecular formula is C21H25Cl2N3O3. The van der Waals surface area contributed by atoms with Crippen LogP contribution in [0, 0.1) is 5.41 Å². The van der Waals surface area contributed by atoms with Gasteiger partial charge in [0, 0.05) is 36.2 Å². The van der Waals surface area contributed by atoms with Crippen LogP contribution in [0.25, 0.3) is 11.3 Å². The van der Waals surface area contributed by atoms with Gasteiger partial charge in [0.05, 0.1) is 40.7 Å². The highest BCUT2D eigenvalue weighted by molar-refractivity contribution is 6.43. The number of pyridine rings is 1. The maximum Gasteiger partial charge on any atom is 0.144 e. The minimum atomic E-state index is -0.248. The Hall–Kier alpha value is -1.57. The Morgan fingerprint density at radius 1 is 1.31 bits per heavy atom. The van der Waals surface area contributed by atoms with Crippen molar-refractivity contribution in [3.63, 3.8) is 0 Å². The van der Waals surface area contributed by atoms with E-state index in [2.05, 4.69) is 9.88 Å². The summed E-state index contributed by atoms with van der Waals surface area (Å²) in [6.45, 7) is 3.98. The number of nitrogens with zero attached hydrogens (tertiary/aromatic N) is 2. The maximum absolute atomic E-state index is 10.7. The first-order valence-corrected chi connectivity index (χ1v) is 10.5. The number of halogens is 2. The second kappa shape index (κ2) is 7.93. The molecular weight excluding hydrogens is 413 g/mol. The van der Waals surface area contributed by atoms with Gasteiger partial charge in [0.2, 0.25) is 0 Å². The number of ether oxygens (including phenoxy) is 1. The van der Waals surface area contributed by atoms with Gasteiger partial charge in [0.1, 0.15) is 11.4 Å². The quantitative estimate of drug-likeness (QED) is 0.679. The highest BCUT2D eigenvalue weighted by Gasteiger charge is 2.47. The summed E-state index contributed by atoms with van der Waals surface area (Å²) in [7, 11) is 0. The highest BCUT2D eigenvalue weighted by atomic mass is 35.5. The van der Waals surface area contributed by atoms with Gasteiger partial charge in [0.15, 0.2) is 0 Å². The lowest BCUT2D eigenvalue weighted by atomic mass is 9.73. The van der Waals surface area contributed by atoms with Crippen molar-refractivity contribution in [1.82, 2.24) is 4.98 Å². The molecule has 0 saturated carbocycles. The van der Waals surface area contributed by atoms with Gasteiger partial charge in [0.25, 0.3) is 0 Å². The number of piperidine rings is 1. The third-order valence-electron chi connectivity index (χ3n) is 6.36. The van der Waals surface area contributed by atoms with Crippen molar-refractivity contribution < 1.29 is 14.9 Å². The van der Waals surface area contributed by atoms with Gasteiger partial charge in [-0.1, -0.05) is 35.3 Å². The van der Waals surface area contributed by atoms with Crippen molar-refractivity contribution in [2.24, 2.45) is 11.1 Å². The Balaban J connectivity index is 1.63. The first-order valence-electron chi connectivity index (χ1n) is 9.76. The maximum atomic E-state index is 10.7. The number of nitrogens with two attached hydrogens (primary N) is 1. The van der Waals surface area contributed by atoms with Crippen LogP contribution in [-0.2, 0) is 11.3 Å². The number of benzene rings is 1. The van der Waals surface area contributed by atoms with Crippen molar-refractivity contribution in [3.05, 3.63) is 40.0 Å². The molecule has 2 saturated heterocycles. The Morgan fingerprint density at radius 3 is 2.66 bits per heavy atom. The number of hydrogen-bond acceptors (Lipinski definition) is 6. The first kappa shape index (κ1) is 20.7. The third-order valence-corrected chi connectivity index (χ3v) is 7.18. The van der Waals surface area contributed by atoms with E-state index in [1.54, 1.807) is 24.3 Å². The average molecular weight is 438 g/mol. The zero-order chi connectivity index (χ0) is 20.8. The van der Waals surface area contributed by atoms with Crippen LogP contribution in [0.2, 0.25) is 10.0 Å². The van der Waals surface area contributed by atoms with Gasteiger partial charge < -0.3 is 25.6 Å². The second-order valence-electron chi connectivity index (χ2n) is 7.97. The van der Waals surface area contributed by atoms with Crippen LogP contribution in [0.4, 0.5) is 5.69 Å². The first-order chi connectivity index (χ1) is 13.9. The normalized spacial score (nSPS) is 23.7. The highest BCUT2D eigenvalue weighted by Crippen LogP contribution is 2.44. The van der Waals surface area contributed by atoms with Gasteiger partial charge in [-0.15, -0.1) is 0 Å². The molecule has 0 bridgehead atoms. The summed E-state index contributed by atoms with van der Waals surface area (Å²) in [5.41, 5.74) is 8.45. The molecule has 0 aliphatic carbocycles. The Kier molecular flexibility index (Phi) is 5.66. The molecule has 2 atom stereocenters. The van der Waals surface area contributed by atoms with E-state index in [1.807, 2.05) is 6.92 Å². The topological polar surface area (TPSA) is 91.8 Å². The van der Waals surface area contributed by atoms with Crippen LogP contribution in [0.5, 0.6) is 5.75 Å². The van der Waals surface area contributed by atoms with Crippen LogP contribution in [0.1, 0.15) is 25.5 Å². The third kappa shape index (κ3) is 3.57. The van der Waals surface area contributed by atoms with E-state index < -0.39 is 0 Å². The molecule has 29 heavy (non-hydrogen) atoms. The molecule has 156 valence electrons. The summed E-state index contributed by atoms with van der Waals surface area (Å²) in [4.78, 5) is 6.66. The number of aromatic nitrogens is 1. The molecule has 2 aliphatic rings. The van der Waals surface area contributed by atoms with Crippen LogP contribution in [-0.4, -0.2) is 47.0 Å². The second-order valence-corrected chi connectivity index (χ2v) is 8.76. The molecule has 0 radical (unpaired) electrons. The number of anilines is 1. The van der Waals surface area contributed by atoms with E-state index in [0.29, 0.717) is 33.6 Å². The van der Waals surface area contributed by atoms with Crippen molar-refractivity contribution in [2.75, 3.05) is 24.6 Å². The fourth-order valence-electron chi connectivity index (χ4n) is 4.47. The molecule has 0 amide bonds. The van der Waals surface area contributed by atoms with Gasteiger partial charge in [-0.3, -0.25) is 0 Å². The number of aliphatic hydroxyl groups excluding tert-OH is 1. The molecule has 3 heterocycles. The van der Waals surface area contributed by atoms with Gasteiger partial charge in [-0.2, -0.15) is 0 Å². The fraction of sp³-hybridized carbons (Fsp3) is 0.476. The van der Waals surface area contributed by atoms with Gasteiger partial charge in [-0.25, -0.2) is 4.98 Å². The predicted octanol–water partition coefficient (Wildman–Crippen LogP) is 3.59. The molecule has 8 heteroatoms. The minimum absolute atomic E-state index is 0.000971. The molecule has 0 unspecified atom stereocenters. The van der Waals surface area contributed by atoms with Crippen molar-refractivity contribution in [2.45, 2.75) is 38.5 Å². The summed E-state index contributed by atoms with van der Waals surface area (Å²) >= 11 is 12.4. The fourth-order valence-corrected chi connectivity index (χ4v) is 4.86. The molecule has 1 spiro atoms. The molecule has 1 aromatic carbocycles. The SMILES string of the molecule is C[C@@H]1OCC2(CCN(c3cc(O)c(-c4cccc(Cl)c4Cl)nc3CO)CC2)[C@@H]1N. The zero-order valence-electron chi connectivity index (χ0n) is 16.2. The molecule has 4 N–H and O–H groups in total. The van der Waals surface area contributed by atoms with E-state index in [-0.39, 0.29) is 29.9 Å². The van der Waals surface area contributed by atoms with E-state index in [4.69, 9.17) is 33.7 Å². The molecule has 2 aromatic rings. The van der Waals surface area contributed by atoms with E-state index in [0.717, 1.165) is 31.6 Å². The van der Waals surface area contributed by atoms with Gasteiger partial charge in [-0.05, 0) is 25.8 Å². The van der Waals surface area contributed by atoms with Crippen LogP contribution in [0.3, 0.4) is 0 Å². The van der Waals surface area contributed by atoms with Crippen LogP contribution in [0.15, 0.2) is 24.3 Å².